The molecule has 0 saturated carbocycles. The molecule has 0 fully saturated rings. The molecular weight excluding hydrogens is 94.1 g/mol. The smallest absolute Gasteiger partial charge is 0.0919 e. The number of hydrogen-bond donors (Lipinski definition) is 1. The normalized spacial score (nSPS) is 5.71. The summed E-state index contributed by atoms with van der Waals surface area (Å²) >= 11 is 0. The van der Waals surface area contributed by atoms with Gasteiger partial charge in [-0.25, -0.2) is 4.98 Å². The van der Waals surface area contributed by atoms with Gasteiger partial charge < -0.3 is 4.98 Å². The summed E-state index contributed by atoms with van der Waals surface area (Å²) in [6, 6.07) is 0. The number of H-pyrrole nitrogens is 1. The first-order valence-electron chi connectivity index (χ1n) is 1.43. The van der Waals surface area contributed by atoms with Gasteiger partial charge in [-0.05, 0) is 0 Å². The van der Waals surface area contributed by atoms with Crippen molar-refractivity contribution in [2.45, 2.75) is 0 Å². The summed E-state index contributed by atoms with van der Waals surface area (Å²) in [5.74, 6) is 0. The molecule has 0 saturated heterocycles. The van der Waals surface area contributed by atoms with Crippen LogP contribution >= 0.6 is 0 Å². The van der Waals surface area contributed by atoms with Crippen molar-refractivity contribution in [1.29, 1.82) is 0 Å². The average molecular weight is 98.1 g/mol. The Hall–Kier alpha value is -0.870. The molecule has 5 radical (unpaired) electrons. The molecule has 7 heavy (non-hydrogen) atoms. The van der Waals surface area contributed by atoms with Crippen LogP contribution in [0.5, 0.6) is 0 Å². The Kier molecular flexibility index (Phi) is 6.93. The lowest BCUT2D eigenvalue weighted by Crippen LogP contribution is -1.44. The Morgan fingerprint density at radius 1 is 1.43 bits per heavy atom. The van der Waals surface area contributed by atoms with Crippen LogP contribution in [0.2, 0.25) is 0 Å². The number of nitrogens with one attached hydrogen (secondary N) is 1. The second-order valence-electron chi connectivity index (χ2n) is 0.761. The summed E-state index contributed by atoms with van der Waals surface area (Å²) in [6.45, 7) is 0. The van der Waals surface area contributed by atoms with E-state index in [1.807, 2.05) is 0 Å². The highest BCUT2D eigenvalue weighted by Gasteiger charge is 1.56. The summed E-state index contributed by atoms with van der Waals surface area (Å²) in [5.41, 5.74) is 0. The highest BCUT2D eigenvalue weighted by Crippen LogP contribution is 1.62. The van der Waals surface area contributed by atoms with Crippen LogP contribution in [0.25, 0.3) is 0 Å². The van der Waals surface area contributed by atoms with Crippen molar-refractivity contribution in [3.8, 4) is 0 Å². The molecule has 0 atom stereocenters. The quantitative estimate of drug-likeness (QED) is 0.478. The van der Waals surface area contributed by atoms with Crippen molar-refractivity contribution in [3.63, 3.8) is 0 Å². The SMILES string of the molecule is [N].[O].c1c[nH]cn1. The van der Waals surface area contributed by atoms with Crippen LogP contribution in [0.4, 0.5) is 0 Å². The van der Waals surface area contributed by atoms with Crippen molar-refractivity contribution in [2.24, 2.45) is 0 Å². The summed E-state index contributed by atoms with van der Waals surface area (Å²) in [7, 11) is 0. The van der Waals surface area contributed by atoms with E-state index in [1.54, 1.807) is 18.7 Å². The molecule has 1 heterocycles. The highest BCUT2D eigenvalue weighted by molar-refractivity contribution is 4.64. The van der Waals surface area contributed by atoms with Crippen molar-refractivity contribution in [2.75, 3.05) is 0 Å². The van der Waals surface area contributed by atoms with E-state index in [0.717, 1.165) is 0 Å². The number of aromatic nitrogens is 2. The lowest BCUT2D eigenvalue weighted by Gasteiger charge is -1.46. The molecule has 0 amide bonds. The number of rotatable bonds is 0. The van der Waals surface area contributed by atoms with E-state index in [-0.39, 0.29) is 11.6 Å². The van der Waals surface area contributed by atoms with E-state index >= 15 is 0 Å². The maximum Gasteiger partial charge on any atom is 0.0919 e. The lowest BCUT2D eigenvalue weighted by molar-refractivity contribution is 0.686. The zero-order chi connectivity index (χ0) is 3.54. The van der Waals surface area contributed by atoms with Crippen LogP contribution in [0.1, 0.15) is 0 Å². The minimum absolute atomic E-state index is 0. The van der Waals surface area contributed by atoms with E-state index in [1.165, 1.54) is 0 Å². The third kappa shape index (κ3) is 2.95. The van der Waals surface area contributed by atoms with Crippen LogP contribution in [0.15, 0.2) is 18.7 Å². The molecule has 37 valence electrons. The van der Waals surface area contributed by atoms with E-state index in [2.05, 4.69) is 9.97 Å². The summed E-state index contributed by atoms with van der Waals surface area (Å²) in [6.07, 6.45) is 5.08. The predicted octanol–water partition coefficient (Wildman–Crippen LogP) is -0.190. The number of nitrogens with zero attached hydrogens (tertiary/aromatic N) is 2. The van der Waals surface area contributed by atoms with E-state index in [9.17, 15) is 0 Å². The first kappa shape index (κ1) is 9.46. The predicted molar refractivity (Wildman–Crippen MR) is 21.4 cm³/mol. The standard InChI is InChI=1S/C3H4N2.N.O/c1-2-5-3-4-1;;/h1-3H,(H,4,5);;. The fraction of sp³-hybridized carbons (Fsp3) is 0. The molecule has 0 aliphatic heterocycles. The molecule has 0 unspecified atom stereocenters. The third-order valence-electron chi connectivity index (χ3n) is 0.406. The maximum absolute atomic E-state index is 3.67. The minimum atomic E-state index is 0. The van der Waals surface area contributed by atoms with Crippen LogP contribution < -0.4 is 6.15 Å². The van der Waals surface area contributed by atoms with Gasteiger partial charge in [0.25, 0.3) is 0 Å². The molecule has 1 aromatic rings. The molecule has 0 spiro atoms. The van der Waals surface area contributed by atoms with Crippen molar-refractivity contribution < 1.29 is 5.48 Å². The fourth-order valence-corrected chi connectivity index (χ4v) is 0.215. The molecule has 0 bridgehead atoms. The van der Waals surface area contributed by atoms with Gasteiger partial charge in [0.05, 0.1) is 6.33 Å². The van der Waals surface area contributed by atoms with Crippen molar-refractivity contribution in [3.05, 3.63) is 18.7 Å². The number of hydrogen-bond acceptors (Lipinski definition) is 1. The summed E-state index contributed by atoms with van der Waals surface area (Å²) in [5, 5.41) is 0. The molecule has 1 aromatic heterocycles. The van der Waals surface area contributed by atoms with Crippen LogP contribution in [-0.4, -0.2) is 9.97 Å². The molecule has 0 aromatic carbocycles. The van der Waals surface area contributed by atoms with Gasteiger partial charge in [0, 0.05) is 24.0 Å². The van der Waals surface area contributed by atoms with E-state index in [0.29, 0.717) is 0 Å². The summed E-state index contributed by atoms with van der Waals surface area (Å²) in [4.78, 5) is 6.42. The summed E-state index contributed by atoms with van der Waals surface area (Å²) < 4.78 is 0. The molecule has 0 aliphatic carbocycles. The van der Waals surface area contributed by atoms with E-state index in [4.69, 9.17) is 0 Å². The molecule has 1 rings (SSSR count). The van der Waals surface area contributed by atoms with Crippen LogP contribution in [-0.2, 0) is 5.48 Å². The second kappa shape index (κ2) is 5.13. The van der Waals surface area contributed by atoms with Gasteiger partial charge in [-0.15, -0.1) is 0 Å². The first-order valence-corrected chi connectivity index (χ1v) is 1.43. The lowest BCUT2D eigenvalue weighted by atomic mass is 11.0. The fourth-order valence-electron chi connectivity index (χ4n) is 0.215. The Morgan fingerprint density at radius 3 is 2.29 bits per heavy atom. The van der Waals surface area contributed by atoms with Gasteiger partial charge in [0.2, 0.25) is 0 Å². The number of aromatic amines is 1. The molecule has 4 nitrogen and oxygen atoms in total. The zero-order valence-corrected chi connectivity index (χ0v) is 3.53. The van der Waals surface area contributed by atoms with Crippen LogP contribution in [0, 0.1) is 0 Å². The Balaban J connectivity index is 0. The molecule has 0 aliphatic rings. The maximum atomic E-state index is 3.67. The number of imidazole rings is 1. The van der Waals surface area contributed by atoms with Crippen molar-refractivity contribution >= 4 is 0 Å². The monoisotopic (exact) mass is 98.0 g/mol. The molecule has 1 N–H and O–H groups in total. The Bertz CT molecular complexity index is 66.7. The Labute approximate surface area is 41.5 Å². The van der Waals surface area contributed by atoms with Gasteiger partial charge in [0.15, 0.2) is 0 Å². The molecular formula is C3H4N3O. The largest absolute Gasteiger partial charge is 0.351 e. The van der Waals surface area contributed by atoms with Gasteiger partial charge in [-0.3, -0.25) is 0 Å². The van der Waals surface area contributed by atoms with Gasteiger partial charge in [0.1, 0.15) is 0 Å². The van der Waals surface area contributed by atoms with Gasteiger partial charge in [-0.1, -0.05) is 0 Å². The molecule has 4 heteroatoms. The van der Waals surface area contributed by atoms with Gasteiger partial charge in [-0.2, -0.15) is 0 Å². The van der Waals surface area contributed by atoms with Crippen molar-refractivity contribution in [1.82, 2.24) is 16.1 Å². The topological polar surface area (TPSA) is 87.7 Å². The average Bonchev–Trinajstić information content (AvgIpc) is 1.76. The van der Waals surface area contributed by atoms with E-state index < -0.39 is 0 Å². The minimum Gasteiger partial charge on any atom is -0.351 e. The second-order valence-corrected chi connectivity index (χ2v) is 0.761. The third-order valence-corrected chi connectivity index (χ3v) is 0.406. The Morgan fingerprint density at radius 2 is 2.14 bits per heavy atom. The first-order chi connectivity index (χ1) is 2.50. The highest BCUT2D eigenvalue weighted by atomic mass is 16.0. The zero-order valence-electron chi connectivity index (χ0n) is 3.53. The van der Waals surface area contributed by atoms with Gasteiger partial charge >= 0.3 is 0 Å². The van der Waals surface area contributed by atoms with Crippen LogP contribution in [0.3, 0.4) is 0 Å².